The molecule has 0 fully saturated rings. The lowest BCUT2D eigenvalue weighted by molar-refractivity contribution is 0.368. The highest BCUT2D eigenvalue weighted by Crippen LogP contribution is 2.38. The van der Waals surface area contributed by atoms with E-state index in [9.17, 15) is 17.3 Å². The van der Waals surface area contributed by atoms with Gasteiger partial charge >= 0.3 is 7.25 Å². The molecular formula is C35H36BF4P2-. The van der Waals surface area contributed by atoms with Crippen molar-refractivity contribution >= 4 is 44.3 Å². The summed E-state index contributed by atoms with van der Waals surface area (Å²) >= 11 is 0. The maximum atomic E-state index is 9.75. The van der Waals surface area contributed by atoms with E-state index in [4.69, 9.17) is 0 Å². The van der Waals surface area contributed by atoms with Crippen molar-refractivity contribution in [3.8, 4) is 0 Å². The minimum Gasteiger partial charge on any atom is -0.418 e. The number of allylic oxidation sites excluding steroid dienone is 4. The van der Waals surface area contributed by atoms with E-state index in [1.165, 1.54) is 52.8 Å². The molecule has 0 nitrogen and oxygen atoms in total. The Morgan fingerprint density at radius 3 is 0.881 bits per heavy atom. The van der Waals surface area contributed by atoms with Crippen molar-refractivity contribution in [3.63, 3.8) is 0 Å². The summed E-state index contributed by atoms with van der Waals surface area (Å²) < 4.78 is 39.0. The van der Waals surface area contributed by atoms with Gasteiger partial charge < -0.3 is 17.3 Å². The van der Waals surface area contributed by atoms with Gasteiger partial charge in [0.2, 0.25) is 0 Å². The van der Waals surface area contributed by atoms with Crippen molar-refractivity contribution < 1.29 is 17.3 Å². The first-order valence-electron chi connectivity index (χ1n) is 14.4. The molecule has 218 valence electrons. The third kappa shape index (κ3) is 11.0. The van der Waals surface area contributed by atoms with Crippen LogP contribution in [-0.4, -0.2) is 19.6 Å². The van der Waals surface area contributed by atoms with Crippen LogP contribution in [-0.2, 0) is 0 Å². The van der Waals surface area contributed by atoms with Crippen LogP contribution in [0.1, 0.15) is 19.3 Å². The molecule has 0 amide bonds. The lowest BCUT2D eigenvalue weighted by atomic mass is 10.2. The first kappa shape index (κ1) is 31.9. The Balaban J connectivity index is 0.000000278. The molecule has 0 spiro atoms. The second-order valence-corrected chi connectivity index (χ2v) is 14.9. The number of rotatable bonds is 9. The van der Waals surface area contributed by atoms with Gasteiger partial charge in [-0.05, 0) is 80.5 Å². The molecule has 2 aliphatic rings. The number of fused-ring (bicyclic) bond motifs is 2. The van der Waals surface area contributed by atoms with E-state index in [0.717, 1.165) is 11.8 Å². The van der Waals surface area contributed by atoms with Crippen LogP contribution in [0.15, 0.2) is 146 Å². The van der Waals surface area contributed by atoms with Crippen LogP contribution in [0.5, 0.6) is 0 Å². The van der Waals surface area contributed by atoms with Crippen molar-refractivity contribution in [1.82, 2.24) is 0 Å². The van der Waals surface area contributed by atoms with E-state index in [-0.39, 0.29) is 15.8 Å². The lowest BCUT2D eigenvalue weighted by Gasteiger charge is -2.21. The second-order valence-electron chi connectivity index (χ2n) is 10.2. The maximum absolute atomic E-state index is 9.75. The molecule has 0 saturated carbocycles. The quantitative estimate of drug-likeness (QED) is 0.0587. The van der Waals surface area contributed by atoms with Gasteiger partial charge in [-0.25, -0.2) is 0 Å². The molecule has 7 heteroatoms. The van der Waals surface area contributed by atoms with Crippen molar-refractivity contribution in [2.75, 3.05) is 12.3 Å². The van der Waals surface area contributed by atoms with E-state index < -0.39 is 7.25 Å². The normalized spacial score (nSPS) is 16.6. The van der Waals surface area contributed by atoms with Gasteiger partial charge in [0.15, 0.2) is 0 Å². The Kier molecular flexibility index (Phi) is 12.6. The molecular weight excluding hydrogens is 569 g/mol. The molecule has 2 bridgehead atoms. The third-order valence-electron chi connectivity index (χ3n) is 7.04. The zero-order valence-electron chi connectivity index (χ0n) is 23.5. The lowest BCUT2D eigenvalue weighted by Crippen LogP contribution is -2.15. The highest BCUT2D eigenvalue weighted by molar-refractivity contribution is 7.73. The van der Waals surface area contributed by atoms with Gasteiger partial charge in [-0.1, -0.05) is 146 Å². The fourth-order valence-electron chi connectivity index (χ4n) is 5.11. The SMILES string of the molecule is C1=CC2C=CC1C2.F[B-](F)(F)F.c1ccc(P(CCCCP(c2ccccc2)c2ccccc2)c2ccccc2)cc1. The minimum absolute atomic E-state index is 0.283. The molecule has 0 aliphatic heterocycles. The Morgan fingerprint density at radius 1 is 0.452 bits per heavy atom. The first-order chi connectivity index (χ1) is 20.4. The molecule has 4 aromatic carbocycles. The zero-order chi connectivity index (χ0) is 29.6. The molecule has 0 saturated heterocycles. The first-order valence-corrected chi connectivity index (χ1v) is 17.4. The van der Waals surface area contributed by atoms with Crippen molar-refractivity contribution in [2.45, 2.75) is 19.3 Å². The number of hydrogen-bond donors (Lipinski definition) is 0. The predicted molar refractivity (Wildman–Crippen MR) is 177 cm³/mol. The summed E-state index contributed by atoms with van der Waals surface area (Å²) in [6, 6.07) is 44.3. The summed E-state index contributed by atoms with van der Waals surface area (Å²) in [7, 11) is -6.57. The Labute approximate surface area is 250 Å². The van der Waals surface area contributed by atoms with Gasteiger partial charge in [0.05, 0.1) is 0 Å². The van der Waals surface area contributed by atoms with E-state index >= 15 is 0 Å². The summed E-state index contributed by atoms with van der Waals surface area (Å²) in [5.41, 5.74) is 0. The van der Waals surface area contributed by atoms with Crippen LogP contribution < -0.4 is 21.2 Å². The molecule has 6 rings (SSSR count). The number of unbranched alkanes of at least 4 members (excludes halogenated alkanes) is 1. The third-order valence-corrected chi connectivity index (χ3v) is 12.3. The number of halogens is 4. The Morgan fingerprint density at radius 2 is 0.690 bits per heavy atom. The summed E-state index contributed by atoms with van der Waals surface area (Å²) in [4.78, 5) is 0. The minimum atomic E-state index is -6.00. The molecule has 0 heterocycles. The van der Waals surface area contributed by atoms with Crippen molar-refractivity contribution in [2.24, 2.45) is 11.8 Å². The Hall–Kier alpha value is -3.00. The molecule has 4 aromatic rings. The van der Waals surface area contributed by atoms with Crippen molar-refractivity contribution in [1.29, 1.82) is 0 Å². The van der Waals surface area contributed by atoms with Crippen LogP contribution >= 0.6 is 15.8 Å². The molecule has 0 unspecified atom stereocenters. The van der Waals surface area contributed by atoms with Gasteiger partial charge in [-0.3, -0.25) is 0 Å². The largest absolute Gasteiger partial charge is 0.673 e. The van der Waals surface area contributed by atoms with Crippen molar-refractivity contribution in [3.05, 3.63) is 146 Å². The number of hydrogen-bond acceptors (Lipinski definition) is 0. The zero-order valence-corrected chi connectivity index (χ0v) is 25.3. The van der Waals surface area contributed by atoms with E-state index in [2.05, 4.69) is 146 Å². The van der Waals surface area contributed by atoms with Crippen LogP contribution in [0, 0.1) is 11.8 Å². The van der Waals surface area contributed by atoms with Crippen LogP contribution in [0.25, 0.3) is 0 Å². The molecule has 42 heavy (non-hydrogen) atoms. The summed E-state index contributed by atoms with van der Waals surface area (Å²) in [6.45, 7) is 0. The monoisotopic (exact) mass is 605 g/mol. The van der Waals surface area contributed by atoms with Crippen LogP contribution in [0.4, 0.5) is 17.3 Å². The average molecular weight is 605 g/mol. The van der Waals surface area contributed by atoms with Gasteiger partial charge in [0.1, 0.15) is 0 Å². The van der Waals surface area contributed by atoms with E-state index in [1.54, 1.807) is 0 Å². The summed E-state index contributed by atoms with van der Waals surface area (Å²) in [5.74, 6) is 1.62. The average Bonchev–Trinajstić information content (AvgIpc) is 3.67. The van der Waals surface area contributed by atoms with Gasteiger partial charge in [-0.2, -0.15) is 0 Å². The fourth-order valence-corrected chi connectivity index (χ4v) is 9.95. The molecule has 0 N–H and O–H groups in total. The second kappa shape index (κ2) is 16.6. The van der Waals surface area contributed by atoms with Gasteiger partial charge in [0.25, 0.3) is 0 Å². The Bertz CT molecular complexity index is 1170. The molecule has 0 aromatic heterocycles. The van der Waals surface area contributed by atoms with Gasteiger partial charge in [-0.15, -0.1) is 0 Å². The highest BCUT2D eigenvalue weighted by Gasteiger charge is 2.21. The maximum Gasteiger partial charge on any atom is 0.673 e. The van der Waals surface area contributed by atoms with Crippen LogP contribution in [0.2, 0.25) is 0 Å². The predicted octanol–water partition coefficient (Wildman–Crippen LogP) is 9.08. The molecule has 0 atom stereocenters. The highest BCUT2D eigenvalue weighted by atomic mass is 31.1. The molecule has 2 aliphatic carbocycles. The number of benzene rings is 4. The fraction of sp³-hybridized carbons (Fsp3) is 0.200. The topological polar surface area (TPSA) is 0 Å². The van der Waals surface area contributed by atoms with E-state index in [1.807, 2.05) is 0 Å². The smallest absolute Gasteiger partial charge is 0.418 e. The van der Waals surface area contributed by atoms with Gasteiger partial charge in [0, 0.05) is 0 Å². The summed E-state index contributed by atoms with van der Waals surface area (Å²) in [5, 5.41) is 5.97. The standard InChI is InChI=1S/C28H28P2.C7H8.BF4/c1-5-15-25(16-6-1)29(26-17-7-2-8-18-26)23-13-14-24-30(27-19-9-3-10-20-27)28-21-11-4-12-22-28;1-2-7-4-3-6(1)5-7;2-1(3,4)5/h1-12,15-22H,13-14,23-24H2;1-4,6-7H,5H2;/q;;-1. The van der Waals surface area contributed by atoms with Crippen LogP contribution in [0.3, 0.4) is 0 Å². The molecule has 0 radical (unpaired) electrons. The van der Waals surface area contributed by atoms with E-state index in [0.29, 0.717) is 0 Å². The summed E-state index contributed by atoms with van der Waals surface area (Å²) in [6.07, 6.45) is 15.6.